The predicted molar refractivity (Wildman–Crippen MR) is 121 cm³/mol. The van der Waals surface area contributed by atoms with Gasteiger partial charge in [-0.05, 0) is 0 Å². The summed E-state index contributed by atoms with van der Waals surface area (Å²) >= 11 is 1.58. The summed E-state index contributed by atoms with van der Waals surface area (Å²) in [6.45, 7) is 15.6. The fraction of sp³-hybridized carbons (Fsp3) is 0.524. The molecule has 148 valence electrons. The van der Waals surface area contributed by atoms with Gasteiger partial charge >= 0.3 is 30.2 Å². The SMILES string of the molecule is CCCC1=CC[C-]=C1.Cl.Cl.[C-]1=CC=CC1.[CH2-]CCC.[CH2-]CCC.[SiH2]=[Zr]. The summed E-state index contributed by atoms with van der Waals surface area (Å²) in [5, 5.41) is 0. The van der Waals surface area contributed by atoms with Gasteiger partial charge in [0.25, 0.3) is 0 Å². The quantitative estimate of drug-likeness (QED) is 0.302. The molecule has 0 atom stereocenters. The Morgan fingerprint density at radius 1 is 0.960 bits per heavy atom. The Kier molecular flexibility index (Phi) is 57.9. The third-order valence-electron chi connectivity index (χ3n) is 2.60. The molecule has 0 aromatic heterocycles. The van der Waals surface area contributed by atoms with E-state index in [1.54, 1.807) is 23.3 Å². The van der Waals surface area contributed by atoms with Gasteiger partial charge in [0, 0.05) is 0 Å². The van der Waals surface area contributed by atoms with Gasteiger partial charge in [-0.1, -0.05) is 46.5 Å². The van der Waals surface area contributed by atoms with E-state index in [1.165, 1.54) is 31.3 Å². The third kappa shape index (κ3) is 40.6. The number of rotatable bonds is 4. The van der Waals surface area contributed by atoms with Gasteiger partial charge in [-0.2, -0.15) is 25.0 Å². The Balaban J connectivity index is -0.0000000700. The van der Waals surface area contributed by atoms with E-state index in [9.17, 15) is 0 Å². The molecule has 0 unspecified atom stereocenters. The second-order valence-electron chi connectivity index (χ2n) is 4.79. The van der Waals surface area contributed by atoms with Crippen LogP contribution in [0.2, 0.25) is 0 Å². The van der Waals surface area contributed by atoms with E-state index in [-0.39, 0.29) is 24.8 Å². The number of unbranched alkanes of at least 4 members (excludes halogenated alkanes) is 2. The predicted octanol–water partition coefficient (Wildman–Crippen LogP) is 6.95. The summed E-state index contributed by atoms with van der Waals surface area (Å²) in [7, 11) is 0. The van der Waals surface area contributed by atoms with E-state index < -0.39 is 0 Å². The first-order valence-electron chi connectivity index (χ1n) is 8.67. The standard InChI is InChI=1S/C8H11.C5H5.2C4H9.2ClH.H2Si.Zr/c1-2-5-8-6-3-4-7-8;1-2-4-5-3-1;2*1-3-4-2;;;;/h6-7H,2-3,5H2,1H3;1-3H,4H2;2*1,3-4H2,2H3;2*1H;1H2;/q4*-1;;;;. The molecule has 0 aromatic carbocycles. The number of hydrogen-bond donors (Lipinski definition) is 0. The Morgan fingerprint density at radius 3 is 1.68 bits per heavy atom. The van der Waals surface area contributed by atoms with Crippen LogP contribution in [0.15, 0.2) is 36.0 Å². The molecule has 0 aliphatic heterocycles. The second-order valence-corrected chi connectivity index (χ2v) is 4.79. The molecule has 2 aliphatic carbocycles. The first-order valence-corrected chi connectivity index (χ1v) is 14.6. The molecule has 0 fully saturated rings. The molecule has 0 aromatic rings. The molecule has 0 amide bonds. The van der Waals surface area contributed by atoms with Crippen LogP contribution in [0.25, 0.3) is 0 Å². The summed E-state index contributed by atoms with van der Waals surface area (Å²) < 4.78 is 0. The maximum absolute atomic E-state index is 3.60. The van der Waals surface area contributed by atoms with Crippen LogP contribution in [0.4, 0.5) is 0 Å². The van der Waals surface area contributed by atoms with Crippen molar-refractivity contribution in [3.05, 3.63) is 62.0 Å². The first kappa shape index (κ1) is 36.5. The van der Waals surface area contributed by atoms with E-state index >= 15 is 0 Å². The van der Waals surface area contributed by atoms with Gasteiger partial charge in [0.05, 0.1) is 0 Å². The molecule has 0 radical (unpaired) electrons. The number of allylic oxidation sites excluding steroid dienone is 8. The zero-order chi connectivity index (χ0) is 18.2. The van der Waals surface area contributed by atoms with E-state index in [0.29, 0.717) is 0 Å². The van der Waals surface area contributed by atoms with Crippen LogP contribution in [-0.4, -0.2) is 6.88 Å². The van der Waals surface area contributed by atoms with Gasteiger partial charge in [-0.3, -0.25) is 12.2 Å². The fourth-order valence-corrected chi connectivity index (χ4v) is 1.24. The fourth-order valence-electron chi connectivity index (χ4n) is 1.24. The summed E-state index contributed by atoms with van der Waals surface area (Å²) in [6, 6.07) is 0. The summed E-state index contributed by atoms with van der Waals surface area (Å²) in [5.41, 5.74) is 1.47. The van der Waals surface area contributed by atoms with Gasteiger partial charge in [-0.25, -0.2) is 23.8 Å². The van der Waals surface area contributed by atoms with Crippen LogP contribution >= 0.6 is 24.8 Å². The number of halogens is 2. The van der Waals surface area contributed by atoms with E-state index in [4.69, 9.17) is 0 Å². The van der Waals surface area contributed by atoms with Crippen molar-refractivity contribution in [3.63, 3.8) is 0 Å². The first-order chi connectivity index (χ1) is 11.3. The van der Waals surface area contributed by atoms with Crippen molar-refractivity contribution in [2.24, 2.45) is 0 Å². The molecule has 0 nitrogen and oxygen atoms in total. The van der Waals surface area contributed by atoms with Crippen LogP contribution < -0.4 is 0 Å². The molecule has 0 saturated carbocycles. The van der Waals surface area contributed by atoms with Gasteiger partial charge < -0.3 is 13.8 Å². The van der Waals surface area contributed by atoms with Crippen molar-refractivity contribution in [1.29, 1.82) is 0 Å². The average molecular weight is 481 g/mol. The summed E-state index contributed by atoms with van der Waals surface area (Å²) in [6.07, 6.45) is 25.6. The van der Waals surface area contributed by atoms with E-state index in [0.717, 1.165) is 25.7 Å². The van der Waals surface area contributed by atoms with Crippen molar-refractivity contribution in [2.45, 2.75) is 72.1 Å². The molecular weight excluding hydrogens is 442 g/mol. The van der Waals surface area contributed by atoms with Crippen LogP contribution in [0.5, 0.6) is 0 Å². The Labute approximate surface area is 188 Å². The minimum atomic E-state index is 0. The molecule has 0 spiro atoms. The summed E-state index contributed by atoms with van der Waals surface area (Å²) in [5.74, 6) is 0. The molecule has 4 heteroatoms. The van der Waals surface area contributed by atoms with Crippen molar-refractivity contribution in [2.75, 3.05) is 0 Å². The Bertz CT molecular complexity index is 306. The minimum absolute atomic E-state index is 0. The zero-order valence-electron chi connectivity index (χ0n) is 16.5. The molecule has 0 saturated heterocycles. The Morgan fingerprint density at radius 2 is 1.48 bits per heavy atom. The average Bonchev–Trinajstić information content (AvgIpc) is 3.34. The van der Waals surface area contributed by atoms with E-state index in [1.807, 2.05) is 19.0 Å². The van der Waals surface area contributed by atoms with Crippen LogP contribution in [0.1, 0.15) is 72.1 Å². The van der Waals surface area contributed by atoms with Crippen molar-refractivity contribution < 1.29 is 23.3 Å². The molecule has 0 N–H and O–H groups in total. The normalized spacial score (nSPS) is 11.4. The molecule has 2 aliphatic rings. The topological polar surface area (TPSA) is 0 Å². The van der Waals surface area contributed by atoms with Crippen LogP contribution in [0.3, 0.4) is 0 Å². The molecule has 0 bridgehead atoms. The van der Waals surface area contributed by atoms with Gasteiger partial charge in [0.15, 0.2) is 0 Å². The van der Waals surface area contributed by atoms with Gasteiger partial charge in [0.2, 0.25) is 0 Å². The molecule has 0 heterocycles. The van der Waals surface area contributed by atoms with Crippen LogP contribution in [0, 0.1) is 26.0 Å². The number of hydrogen-bond acceptors (Lipinski definition) is 0. The third-order valence-corrected chi connectivity index (χ3v) is 2.60. The van der Waals surface area contributed by atoms with Gasteiger partial charge in [0.1, 0.15) is 0 Å². The molecular formula is C21H38Cl2SiZr-4. The van der Waals surface area contributed by atoms with Gasteiger partial charge in [-0.15, -0.1) is 37.7 Å². The van der Waals surface area contributed by atoms with E-state index in [2.05, 4.69) is 65.0 Å². The summed E-state index contributed by atoms with van der Waals surface area (Å²) in [4.78, 5) is 0. The second kappa shape index (κ2) is 39.6. The molecule has 25 heavy (non-hydrogen) atoms. The van der Waals surface area contributed by atoms with Crippen molar-refractivity contribution in [1.82, 2.24) is 0 Å². The van der Waals surface area contributed by atoms with Crippen molar-refractivity contribution in [3.8, 4) is 0 Å². The molecule has 2 rings (SSSR count). The van der Waals surface area contributed by atoms with Crippen molar-refractivity contribution >= 4 is 31.7 Å². The maximum atomic E-state index is 3.60. The zero-order valence-corrected chi connectivity index (χ0v) is 22.0. The monoisotopic (exact) mass is 478 g/mol. The van der Waals surface area contributed by atoms with Crippen LogP contribution in [-0.2, 0) is 23.3 Å². The Hall–Kier alpha value is 0.640.